The maximum Gasteiger partial charge on any atom is 0.295 e. The van der Waals surface area contributed by atoms with Gasteiger partial charge >= 0.3 is 0 Å². The molecule has 144 valence electrons. The fourth-order valence-corrected chi connectivity index (χ4v) is 3.35. The molecule has 6 nitrogen and oxygen atoms in total. The van der Waals surface area contributed by atoms with Crippen molar-refractivity contribution in [1.29, 1.82) is 0 Å². The molecule has 0 spiro atoms. The van der Waals surface area contributed by atoms with Crippen LogP contribution in [0.25, 0.3) is 5.76 Å². The standard InChI is InChI=1S/C22H21NO5/c1-14-9-11-15(12-10-14)19-18(20(26)16-6-3-2-4-7-16)21(27)22(28)23(19)13-5-8-17(24)25/h2-4,6-7,9-12,19,26H,5,8,13H2,1H3,(H,24,25)/p-1/t19-/m0/s1. The van der Waals surface area contributed by atoms with Gasteiger partial charge in [0, 0.05) is 18.1 Å². The van der Waals surface area contributed by atoms with E-state index >= 15 is 0 Å². The molecule has 1 N–H and O–H groups in total. The summed E-state index contributed by atoms with van der Waals surface area (Å²) in [6, 6.07) is 15.1. The van der Waals surface area contributed by atoms with E-state index in [1.54, 1.807) is 42.5 Å². The third-order valence-electron chi connectivity index (χ3n) is 4.76. The Balaban J connectivity index is 2.08. The van der Waals surface area contributed by atoms with Gasteiger partial charge in [0.1, 0.15) is 5.76 Å². The van der Waals surface area contributed by atoms with E-state index in [1.165, 1.54) is 4.90 Å². The summed E-state index contributed by atoms with van der Waals surface area (Å²) in [5, 5.41) is 21.5. The number of amides is 1. The van der Waals surface area contributed by atoms with Crippen molar-refractivity contribution < 1.29 is 24.6 Å². The molecule has 0 aromatic heterocycles. The van der Waals surface area contributed by atoms with Crippen molar-refractivity contribution >= 4 is 23.4 Å². The summed E-state index contributed by atoms with van der Waals surface area (Å²) in [5.41, 5.74) is 2.14. The van der Waals surface area contributed by atoms with Gasteiger partial charge in [-0.25, -0.2) is 0 Å². The number of benzene rings is 2. The highest BCUT2D eigenvalue weighted by Gasteiger charge is 2.45. The lowest BCUT2D eigenvalue weighted by molar-refractivity contribution is -0.305. The average molecular weight is 378 g/mol. The van der Waals surface area contributed by atoms with E-state index in [0.29, 0.717) is 11.1 Å². The highest BCUT2D eigenvalue weighted by molar-refractivity contribution is 6.46. The summed E-state index contributed by atoms with van der Waals surface area (Å²) < 4.78 is 0. The monoisotopic (exact) mass is 378 g/mol. The average Bonchev–Trinajstić information content (AvgIpc) is 2.93. The molecule has 1 heterocycles. The van der Waals surface area contributed by atoms with Gasteiger partial charge in [-0.2, -0.15) is 0 Å². The first-order chi connectivity index (χ1) is 13.4. The molecular weight excluding hydrogens is 358 g/mol. The number of rotatable bonds is 6. The van der Waals surface area contributed by atoms with Crippen LogP contribution in [0.4, 0.5) is 0 Å². The van der Waals surface area contributed by atoms with Crippen LogP contribution in [0.2, 0.25) is 0 Å². The Kier molecular flexibility index (Phi) is 5.59. The minimum Gasteiger partial charge on any atom is -0.550 e. The molecule has 2 aromatic rings. The number of hydrogen-bond acceptors (Lipinski definition) is 5. The summed E-state index contributed by atoms with van der Waals surface area (Å²) in [4.78, 5) is 37.4. The molecule has 1 amide bonds. The first-order valence-electron chi connectivity index (χ1n) is 9.00. The molecule has 0 saturated carbocycles. The van der Waals surface area contributed by atoms with Crippen molar-refractivity contribution in [2.45, 2.75) is 25.8 Å². The summed E-state index contributed by atoms with van der Waals surface area (Å²) in [6.45, 7) is 1.99. The summed E-state index contributed by atoms with van der Waals surface area (Å²) in [6.07, 6.45) is -0.0641. The molecule has 1 aliphatic rings. The largest absolute Gasteiger partial charge is 0.550 e. The Hall–Kier alpha value is -3.41. The van der Waals surface area contributed by atoms with E-state index in [0.717, 1.165) is 5.56 Å². The van der Waals surface area contributed by atoms with E-state index in [9.17, 15) is 24.6 Å². The van der Waals surface area contributed by atoms with Crippen molar-refractivity contribution in [3.05, 3.63) is 76.9 Å². The molecule has 6 heteroatoms. The van der Waals surface area contributed by atoms with Crippen molar-refractivity contribution in [2.24, 2.45) is 0 Å². The Labute approximate surface area is 162 Å². The van der Waals surface area contributed by atoms with Crippen LogP contribution >= 0.6 is 0 Å². The third kappa shape index (κ3) is 3.81. The van der Waals surface area contributed by atoms with Crippen molar-refractivity contribution in [3.63, 3.8) is 0 Å². The van der Waals surface area contributed by atoms with Gasteiger partial charge in [0.25, 0.3) is 11.7 Å². The molecule has 1 saturated heterocycles. The van der Waals surface area contributed by atoms with E-state index < -0.39 is 23.7 Å². The zero-order valence-electron chi connectivity index (χ0n) is 15.4. The normalized spacial score (nSPS) is 18.5. The van der Waals surface area contributed by atoms with Crippen molar-refractivity contribution in [1.82, 2.24) is 4.90 Å². The summed E-state index contributed by atoms with van der Waals surface area (Å²) >= 11 is 0. The lowest BCUT2D eigenvalue weighted by atomic mass is 9.94. The van der Waals surface area contributed by atoms with Crippen LogP contribution in [0.15, 0.2) is 60.2 Å². The number of aliphatic carboxylic acids is 1. The van der Waals surface area contributed by atoms with Crippen LogP contribution < -0.4 is 5.11 Å². The Morgan fingerprint density at radius 3 is 2.32 bits per heavy atom. The smallest absolute Gasteiger partial charge is 0.295 e. The Morgan fingerprint density at radius 1 is 1.07 bits per heavy atom. The second kappa shape index (κ2) is 8.08. The van der Waals surface area contributed by atoms with Gasteiger partial charge in [-0.1, -0.05) is 60.2 Å². The Bertz CT molecular complexity index is 931. The molecule has 1 aliphatic heterocycles. The zero-order valence-corrected chi connectivity index (χ0v) is 15.4. The number of carboxylic acid groups (broad SMARTS) is 1. The first-order valence-corrected chi connectivity index (χ1v) is 9.00. The number of carboxylic acids is 1. The van der Waals surface area contributed by atoms with Crippen LogP contribution in [-0.2, 0) is 14.4 Å². The fourth-order valence-electron chi connectivity index (χ4n) is 3.35. The Morgan fingerprint density at radius 2 is 1.71 bits per heavy atom. The quantitative estimate of drug-likeness (QED) is 0.471. The highest BCUT2D eigenvalue weighted by atomic mass is 16.4. The van der Waals surface area contributed by atoms with E-state index in [2.05, 4.69) is 0 Å². The van der Waals surface area contributed by atoms with Gasteiger partial charge in [0.05, 0.1) is 11.6 Å². The van der Waals surface area contributed by atoms with Gasteiger partial charge in [-0.05, 0) is 25.3 Å². The second-order valence-electron chi connectivity index (χ2n) is 6.74. The molecule has 0 radical (unpaired) electrons. The molecular formula is C22H20NO5-. The van der Waals surface area contributed by atoms with Crippen LogP contribution in [0.3, 0.4) is 0 Å². The van der Waals surface area contributed by atoms with Gasteiger partial charge in [-0.15, -0.1) is 0 Å². The third-order valence-corrected chi connectivity index (χ3v) is 4.76. The lowest BCUT2D eigenvalue weighted by Crippen LogP contribution is -2.32. The molecule has 0 unspecified atom stereocenters. The minimum atomic E-state index is -1.22. The van der Waals surface area contributed by atoms with E-state index in [1.807, 2.05) is 19.1 Å². The van der Waals surface area contributed by atoms with Gasteiger partial charge in [0.15, 0.2) is 0 Å². The van der Waals surface area contributed by atoms with Crippen LogP contribution in [-0.4, -0.2) is 34.2 Å². The number of nitrogens with zero attached hydrogens (tertiary/aromatic N) is 1. The maximum atomic E-state index is 12.7. The second-order valence-corrected chi connectivity index (χ2v) is 6.74. The number of aliphatic hydroxyl groups excluding tert-OH is 1. The van der Waals surface area contributed by atoms with Crippen molar-refractivity contribution in [2.75, 3.05) is 6.54 Å². The van der Waals surface area contributed by atoms with Crippen LogP contribution in [0.1, 0.15) is 35.6 Å². The first kappa shape index (κ1) is 19.4. The number of carbonyl (C=O) groups is 3. The zero-order chi connectivity index (χ0) is 20.3. The molecule has 1 atom stereocenters. The van der Waals surface area contributed by atoms with Gasteiger partial charge < -0.3 is 19.9 Å². The predicted molar refractivity (Wildman–Crippen MR) is 101 cm³/mol. The number of hydrogen-bond donors (Lipinski definition) is 1. The maximum absolute atomic E-state index is 12.7. The van der Waals surface area contributed by atoms with Crippen LogP contribution in [0.5, 0.6) is 0 Å². The van der Waals surface area contributed by atoms with Gasteiger partial charge in [0.2, 0.25) is 0 Å². The van der Waals surface area contributed by atoms with E-state index in [-0.39, 0.29) is 30.7 Å². The number of ketones is 1. The molecule has 1 fully saturated rings. The summed E-state index contributed by atoms with van der Waals surface area (Å²) in [7, 11) is 0. The molecule has 28 heavy (non-hydrogen) atoms. The molecule has 0 bridgehead atoms. The number of carbonyl (C=O) groups excluding carboxylic acids is 3. The fraction of sp³-hybridized carbons (Fsp3) is 0.227. The number of aryl methyl sites for hydroxylation is 1. The minimum absolute atomic E-state index is 0.00787. The predicted octanol–water partition coefficient (Wildman–Crippen LogP) is 1.95. The molecule has 2 aromatic carbocycles. The topological polar surface area (TPSA) is 97.7 Å². The summed E-state index contributed by atoms with van der Waals surface area (Å²) in [5.74, 6) is -2.98. The van der Waals surface area contributed by atoms with Crippen LogP contribution in [0, 0.1) is 6.92 Å². The number of Topliss-reactive ketones (excluding diaryl/α,β-unsaturated/α-hetero) is 1. The van der Waals surface area contributed by atoms with Gasteiger partial charge in [-0.3, -0.25) is 9.59 Å². The molecule has 3 rings (SSSR count). The lowest BCUT2D eigenvalue weighted by Gasteiger charge is -2.25. The SMILES string of the molecule is Cc1ccc([C@H]2C(=C(O)c3ccccc3)C(=O)C(=O)N2CCCC(=O)[O-])cc1. The number of aliphatic hydroxyl groups is 1. The highest BCUT2D eigenvalue weighted by Crippen LogP contribution is 2.39. The van der Waals surface area contributed by atoms with Crippen molar-refractivity contribution in [3.8, 4) is 0 Å². The van der Waals surface area contributed by atoms with E-state index in [4.69, 9.17) is 0 Å². The molecule has 0 aliphatic carbocycles. The number of likely N-dealkylation sites (tertiary alicyclic amines) is 1.